The Morgan fingerprint density at radius 1 is 1.05 bits per heavy atom. The molecule has 2 N–H and O–H groups in total. The fourth-order valence-corrected chi connectivity index (χ4v) is 3.77. The second-order valence-corrected chi connectivity index (χ2v) is 8.54. The van der Waals surface area contributed by atoms with E-state index in [4.69, 9.17) is 14.6 Å². The number of carbonyl (C=O) groups excluding carboxylic acids is 2. The van der Waals surface area contributed by atoms with Crippen LogP contribution < -0.4 is 19.8 Å². The molecule has 4 rings (SSSR count). The van der Waals surface area contributed by atoms with Crippen molar-refractivity contribution >= 4 is 40.9 Å². The van der Waals surface area contributed by atoms with Crippen LogP contribution in [0.25, 0.3) is 6.08 Å². The molecule has 0 fully saturated rings. The van der Waals surface area contributed by atoms with E-state index in [9.17, 15) is 27.6 Å². The van der Waals surface area contributed by atoms with Crippen molar-refractivity contribution in [2.75, 3.05) is 24.0 Å². The number of hydrazone groups is 1. The number of rotatable bonds is 8. The molecule has 12 heteroatoms. The minimum atomic E-state index is -4.56. The summed E-state index contributed by atoms with van der Waals surface area (Å²) in [5.74, 6) is -1.66. The normalized spacial score (nSPS) is 14.2. The number of halogens is 3. The number of anilines is 2. The number of hydrogen-bond donors (Lipinski definition) is 2. The van der Waals surface area contributed by atoms with Crippen molar-refractivity contribution in [1.82, 2.24) is 0 Å². The summed E-state index contributed by atoms with van der Waals surface area (Å²) < 4.78 is 50.3. The second kappa shape index (κ2) is 11.3. The van der Waals surface area contributed by atoms with Crippen LogP contribution >= 0.6 is 0 Å². The van der Waals surface area contributed by atoms with Gasteiger partial charge in [-0.2, -0.15) is 23.3 Å². The highest BCUT2D eigenvalue weighted by Crippen LogP contribution is 2.34. The highest BCUT2D eigenvalue weighted by molar-refractivity contribution is 6.32. The first-order valence-electron chi connectivity index (χ1n) is 11.7. The molecule has 0 unspecified atom stereocenters. The second-order valence-electron chi connectivity index (χ2n) is 8.54. The number of benzene rings is 3. The molecule has 0 atom stereocenters. The summed E-state index contributed by atoms with van der Waals surface area (Å²) in [6.45, 7) is 1.20. The largest absolute Gasteiger partial charge is 0.493 e. The van der Waals surface area contributed by atoms with E-state index in [0.29, 0.717) is 17.0 Å². The molecule has 0 bridgehead atoms. The third-order valence-corrected chi connectivity index (χ3v) is 5.75. The van der Waals surface area contributed by atoms with Crippen LogP contribution in [0.4, 0.5) is 24.5 Å². The summed E-state index contributed by atoms with van der Waals surface area (Å²) in [5.41, 5.74) is 0.587. The van der Waals surface area contributed by atoms with Gasteiger partial charge in [0.05, 0.1) is 35.2 Å². The highest BCUT2D eigenvalue weighted by Gasteiger charge is 2.33. The van der Waals surface area contributed by atoms with Gasteiger partial charge >= 0.3 is 12.1 Å². The number of carboxylic acids is 1. The van der Waals surface area contributed by atoms with Gasteiger partial charge in [0.1, 0.15) is 0 Å². The lowest BCUT2D eigenvalue weighted by molar-refractivity contribution is -0.137. The number of aromatic carboxylic acids is 1. The van der Waals surface area contributed by atoms with Gasteiger partial charge in [0, 0.05) is 5.69 Å². The van der Waals surface area contributed by atoms with Crippen LogP contribution in [0.1, 0.15) is 28.4 Å². The van der Waals surface area contributed by atoms with Crippen molar-refractivity contribution in [2.45, 2.75) is 13.1 Å². The molecule has 3 aromatic rings. The molecule has 0 radical (unpaired) electrons. The molecule has 0 spiro atoms. The monoisotopic (exact) mass is 553 g/mol. The molecule has 9 nitrogen and oxygen atoms in total. The fraction of sp³-hybridized carbons (Fsp3) is 0.143. The molecular weight excluding hydrogens is 531 g/mol. The Bertz CT molecular complexity index is 1530. The molecule has 0 aliphatic carbocycles. The van der Waals surface area contributed by atoms with Gasteiger partial charge in [0.15, 0.2) is 18.1 Å². The van der Waals surface area contributed by atoms with Crippen LogP contribution in [-0.2, 0) is 15.8 Å². The molecule has 1 heterocycles. The number of nitrogens with zero attached hydrogens (tertiary/aromatic N) is 2. The first kappa shape index (κ1) is 27.9. The quantitative estimate of drug-likeness (QED) is 0.369. The Hall–Kier alpha value is -5.13. The van der Waals surface area contributed by atoms with E-state index in [1.165, 1.54) is 55.7 Å². The zero-order chi connectivity index (χ0) is 29.0. The number of amides is 2. The van der Waals surface area contributed by atoms with Gasteiger partial charge in [-0.05, 0) is 73.2 Å². The minimum Gasteiger partial charge on any atom is -0.493 e. The Labute approximate surface area is 226 Å². The maximum atomic E-state index is 13.1. The van der Waals surface area contributed by atoms with Crippen LogP contribution in [0.2, 0.25) is 0 Å². The number of ether oxygens (including phenoxy) is 2. The zero-order valence-electron chi connectivity index (χ0n) is 21.2. The summed E-state index contributed by atoms with van der Waals surface area (Å²) in [7, 11) is 1.39. The Balaban J connectivity index is 1.45. The molecule has 2 amide bonds. The van der Waals surface area contributed by atoms with Crippen LogP contribution in [0.5, 0.6) is 11.5 Å². The summed E-state index contributed by atoms with van der Waals surface area (Å²) in [4.78, 5) is 36.2. The van der Waals surface area contributed by atoms with E-state index < -0.39 is 29.5 Å². The lowest BCUT2D eigenvalue weighted by atomic mass is 10.1. The van der Waals surface area contributed by atoms with Gasteiger partial charge in [0.25, 0.3) is 11.8 Å². The summed E-state index contributed by atoms with van der Waals surface area (Å²) >= 11 is 0. The lowest BCUT2D eigenvalue weighted by Crippen LogP contribution is -2.21. The van der Waals surface area contributed by atoms with E-state index in [0.717, 1.165) is 17.1 Å². The van der Waals surface area contributed by atoms with E-state index in [1.54, 1.807) is 19.1 Å². The number of carboxylic acid groups (broad SMARTS) is 1. The molecule has 40 heavy (non-hydrogen) atoms. The smallest absolute Gasteiger partial charge is 0.416 e. The third-order valence-electron chi connectivity index (χ3n) is 5.75. The van der Waals surface area contributed by atoms with Gasteiger partial charge in [0.2, 0.25) is 0 Å². The van der Waals surface area contributed by atoms with Gasteiger partial charge in [-0.25, -0.2) is 4.79 Å². The van der Waals surface area contributed by atoms with Crippen LogP contribution in [-0.4, -0.2) is 42.3 Å². The van der Waals surface area contributed by atoms with Crippen molar-refractivity contribution in [2.24, 2.45) is 5.10 Å². The van der Waals surface area contributed by atoms with Crippen molar-refractivity contribution in [3.05, 3.63) is 89.0 Å². The minimum absolute atomic E-state index is 0.0139. The van der Waals surface area contributed by atoms with E-state index >= 15 is 0 Å². The summed E-state index contributed by atoms with van der Waals surface area (Å²) in [6.07, 6.45) is -3.04. The van der Waals surface area contributed by atoms with Gasteiger partial charge in [-0.1, -0.05) is 12.1 Å². The molecule has 0 aromatic heterocycles. The maximum Gasteiger partial charge on any atom is 0.416 e. The standard InChI is InChI=1S/C28H22F3N3O6/c1-16-22(26(36)34(33-16)21-5-3-4-19(14-21)28(29,30)31)12-17-6-11-23(24(13-17)39-2)40-15-25(35)32-20-9-7-18(8-10-20)27(37)38/h3-14H,15H2,1-2H3,(H,32,35)(H,37,38). The average molecular weight is 553 g/mol. The molecule has 0 saturated carbocycles. The van der Waals surface area contributed by atoms with Crippen LogP contribution in [0.3, 0.4) is 0 Å². The zero-order valence-corrected chi connectivity index (χ0v) is 21.2. The van der Waals surface area contributed by atoms with E-state index in [2.05, 4.69) is 10.4 Å². The number of nitrogens with one attached hydrogen (secondary N) is 1. The fourth-order valence-electron chi connectivity index (χ4n) is 3.77. The van der Waals surface area contributed by atoms with Gasteiger partial charge < -0.3 is 19.9 Å². The summed E-state index contributed by atoms with van der Waals surface area (Å²) in [5, 5.41) is 16.6. The third kappa shape index (κ3) is 6.29. The number of hydrogen-bond acceptors (Lipinski definition) is 6. The Kier molecular flexibility index (Phi) is 7.89. The van der Waals surface area contributed by atoms with Crippen LogP contribution in [0, 0.1) is 0 Å². The van der Waals surface area contributed by atoms with Crippen LogP contribution in [0.15, 0.2) is 77.4 Å². The number of carbonyl (C=O) groups is 3. The molecule has 3 aromatic carbocycles. The van der Waals surface area contributed by atoms with Crippen molar-refractivity contribution in [3.8, 4) is 11.5 Å². The molecule has 1 aliphatic heterocycles. The van der Waals surface area contributed by atoms with Gasteiger partial charge in [-0.3, -0.25) is 9.59 Å². The Morgan fingerprint density at radius 2 is 1.77 bits per heavy atom. The first-order valence-corrected chi connectivity index (χ1v) is 11.7. The number of methoxy groups -OCH3 is 1. The predicted molar refractivity (Wildman–Crippen MR) is 141 cm³/mol. The topological polar surface area (TPSA) is 118 Å². The SMILES string of the molecule is COc1cc(C=C2C(=O)N(c3cccc(C(F)(F)F)c3)N=C2C)ccc1OCC(=O)Nc1ccc(C(=O)O)cc1. The van der Waals surface area contributed by atoms with E-state index in [-0.39, 0.29) is 34.9 Å². The lowest BCUT2D eigenvalue weighted by Gasteiger charge is -2.14. The highest BCUT2D eigenvalue weighted by atomic mass is 19.4. The van der Waals surface area contributed by atoms with Crippen molar-refractivity contribution in [1.29, 1.82) is 0 Å². The molecule has 1 aliphatic rings. The summed E-state index contributed by atoms with van der Waals surface area (Å²) in [6, 6.07) is 14.7. The average Bonchev–Trinajstić information content (AvgIpc) is 3.20. The van der Waals surface area contributed by atoms with Crippen molar-refractivity contribution in [3.63, 3.8) is 0 Å². The molecule has 206 valence electrons. The van der Waals surface area contributed by atoms with E-state index in [1.807, 2.05) is 0 Å². The predicted octanol–water partition coefficient (Wildman–Crippen LogP) is 5.24. The van der Waals surface area contributed by atoms with Gasteiger partial charge in [-0.15, -0.1) is 0 Å². The molecular formula is C28H22F3N3O6. The first-order chi connectivity index (χ1) is 19.0. The Morgan fingerprint density at radius 3 is 2.42 bits per heavy atom. The number of alkyl halides is 3. The maximum absolute atomic E-state index is 13.1. The molecule has 0 saturated heterocycles. The van der Waals surface area contributed by atoms with Crippen molar-refractivity contribution < 1.29 is 42.1 Å².